The van der Waals surface area contributed by atoms with E-state index in [2.05, 4.69) is 197 Å². The van der Waals surface area contributed by atoms with Gasteiger partial charge in [-0.05, 0) is 46.2 Å². The Balaban J connectivity index is 0.000000155. The van der Waals surface area contributed by atoms with Crippen LogP contribution in [0.15, 0.2) is 170 Å². The number of halogens is 2. The Bertz CT molecular complexity index is 2210. The molecule has 0 saturated carbocycles. The average Bonchev–Trinajstić information content (AvgIpc) is 3.84. The quantitative estimate of drug-likeness (QED) is 0.116. The summed E-state index contributed by atoms with van der Waals surface area (Å²) in [6.45, 7) is 8.75. The third kappa shape index (κ3) is 9.41. The van der Waals surface area contributed by atoms with E-state index in [-0.39, 0.29) is 5.43 Å². The van der Waals surface area contributed by atoms with E-state index >= 15 is 0 Å². The van der Waals surface area contributed by atoms with Crippen LogP contribution in [-0.2, 0) is 30.8 Å². The van der Waals surface area contributed by atoms with Gasteiger partial charge in [-0.2, -0.15) is 12.1 Å². The standard InChI is InChI=1S/2C23H19.C2H6Si.2ClH.Zr/c2*1-2-17-15-21-9-6-10-22(23(21)16-17)20-13-11-19(12-14-20)18-7-4-3-5-8-18;1-3-2;;;/h2*3-16H,2H2,1H3;1-2H3;2*1H;/q2*-1;;;;+2/p-2. The molecule has 0 nitrogen and oxygen atoms in total. The van der Waals surface area contributed by atoms with Crippen molar-refractivity contribution < 1.29 is 18.0 Å². The number of benzene rings is 6. The molecule has 0 radical (unpaired) electrons. The minimum absolute atomic E-state index is 0.224. The van der Waals surface area contributed by atoms with Gasteiger partial charge in [-0.15, -0.1) is 69.1 Å². The number of rotatable bonds is 6. The average molecular weight is 811 g/mol. The molecule has 8 rings (SSSR count). The van der Waals surface area contributed by atoms with Crippen molar-refractivity contribution in [2.45, 2.75) is 39.8 Å². The molecule has 0 bridgehead atoms. The first-order chi connectivity index (χ1) is 25.3. The summed E-state index contributed by atoms with van der Waals surface area (Å²) in [7, 11) is 11.2. The first-order valence-electron chi connectivity index (χ1n) is 18.0. The van der Waals surface area contributed by atoms with Gasteiger partial charge in [0.25, 0.3) is 0 Å². The van der Waals surface area contributed by atoms with Gasteiger partial charge in [0.1, 0.15) is 0 Å². The van der Waals surface area contributed by atoms with E-state index in [0.29, 0.717) is 0 Å². The van der Waals surface area contributed by atoms with E-state index in [1.807, 2.05) is 0 Å². The molecular weight excluding hydrogens is 767 g/mol. The Morgan fingerprint density at radius 3 is 1.10 bits per heavy atom. The zero-order valence-corrected chi connectivity index (χ0v) is 35.3. The Kier molecular flexibility index (Phi) is 13.4. The number of hydrogen-bond donors (Lipinski definition) is 0. The molecule has 0 aliphatic rings. The number of hydrogen-bond acceptors (Lipinski definition) is 0. The summed E-state index contributed by atoms with van der Waals surface area (Å²) >= 11 is -1.65. The van der Waals surface area contributed by atoms with Gasteiger partial charge in [0, 0.05) is 0 Å². The predicted molar refractivity (Wildman–Crippen MR) is 229 cm³/mol. The van der Waals surface area contributed by atoms with Crippen LogP contribution in [0.5, 0.6) is 0 Å². The molecule has 8 aromatic carbocycles. The van der Waals surface area contributed by atoms with Crippen molar-refractivity contribution in [2.24, 2.45) is 0 Å². The van der Waals surface area contributed by atoms with E-state index in [0.717, 1.165) is 12.8 Å². The number of fused-ring (bicyclic) bond motifs is 2. The van der Waals surface area contributed by atoms with E-state index < -0.39 is 18.0 Å². The fourth-order valence-electron chi connectivity index (χ4n) is 6.45. The summed E-state index contributed by atoms with van der Waals surface area (Å²) in [5.41, 5.74) is 12.9. The van der Waals surface area contributed by atoms with E-state index in [1.165, 1.54) is 77.2 Å². The summed E-state index contributed by atoms with van der Waals surface area (Å²) in [6, 6.07) is 61.3. The van der Waals surface area contributed by atoms with E-state index in [4.69, 9.17) is 17.0 Å². The molecular formula is C48H44Cl2SiZr-2. The molecule has 0 heterocycles. The molecule has 0 aliphatic carbocycles. The van der Waals surface area contributed by atoms with Crippen molar-refractivity contribution in [3.63, 3.8) is 0 Å². The summed E-state index contributed by atoms with van der Waals surface area (Å²) in [4.78, 5) is 0. The Morgan fingerprint density at radius 1 is 0.442 bits per heavy atom. The summed E-state index contributed by atoms with van der Waals surface area (Å²) in [5, 5.41) is 5.39. The third-order valence-electron chi connectivity index (χ3n) is 9.42. The van der Waals surface area contributed by atoms with Crippen LogP contribution in [0.25, 0.3) is 66.1 Å². The number of aryl methyl sites for hydroxylation is 2. The molecule has 0 spiro atoms. The molecule has 0 N–H and O–H groups in total. The van der Waals surface area contributed by atoms with Crippen LogP contribution in [0, 0.1) is 0 Å². The second kappa shape index (κ2) is 18.3. The van der Waals surface area contributed by atoms with Crippen LogP contribution in [-0.4, -0.2) is 5.43 Å². The van der Waals surface area contributed by atoms with Gasteiger partial charge in [-0.3, -0.25) is 0 Å². The van der Waals surface area contributed by atoms with Crippen molar-refractivity contribution in [3.05, 3.63) is 181 Å². The van der Waals surface area contributed by atoms with Gasteiger partial charge in [0.2, 0.25) is 0 Å². The normalized spacial score (nSPS) is 10.7. The molecule has 0 saturated heterocycles. The molecule has 0 aliphatic heterocycles. The zero-order valence-electron chi connectivity index (χ0n) is 30.3. The van der Waals surface area contributed by atoms with Crippen molar-refractivity contribution in [2.75, 3.05) is 0 Å². The maximum atomic E-state index is 5.62. The first kappa shape index (κ1) is 38.0. The maximum absolute atomic E-state index is 5.62. The molecule has 52 heavy (non-hydrogen) atoms. The van der Waals surface area contributed by atoms with Crippen LogP contribution in [0.3, 0.4) is 0 Å². The fraction of sp³-hybridized carbons (Fsp3) is 0.125. The van der Waals surface area contributed by atoms with Crippen molar-refractivity contribution >= 4 is 44.0 Å². The fourth-order valence-corrected chi connectivity index (χ4v) is 6.45. The van der Waals surface area contributed by atoms with Gasteiger partial charge in [-0.25, -0.2) is 0 Å². The van der Waals surface area contributed by atoms with Gasteiger partial charge < -0.3 is 0 Å². The van der Waals surface area contributed by atoms with Crippen LogP contribution >= 0.6 is 17.0 Å². The minimum atomic E-state index is -1.65. The van der Waals surface area contributed by atoms with Gasteiger partial charge >= 0.3 is 53.5 Å². The van der Waals surface area contributed by atoms with Gasteiger partial charge in [0.05, 0.1) is 0 Å². The van der Waals surface area contributed by atoms with Crippen LogP contribution in [0.4, 0.5) is 0 Å². The summed E-state index contributed by atoms with van der Waals surface area (Å²) < 4.78 is 0. The zero-order chi connectivity index (χ0) is 36.5. The second-order valence-electron chi connectivity index (χ2n) is 13.2. The second-order valence-corrected chi connectivity index (χ2v) is 36.2. The van der Waals surface area contributed by atoms with Crippen LogP contribution < -0.4 is 0 Å². The molecule has 8 aromatic rings. The molecule has 0 atom stereocenters. The topological polar surface area (TPSA) is 0 Å². The van der Waals surface area contributed by atoms with E-state index in [1.54, 1.807) is 0 Å². The summed E-state index contributed by atoms with van der Waals surface area (Å²) in [5.74, 6) is 0. The molecule has 0 fully saturated rings. The molecule has 260 valence electrons. The Labute approximate surface area is 324 Å². The van der Waals surface area contributed by atoms with Gasteiger partial charge in [-0.1, -0.05) is 146 Å². The van der Waals surface area contributed by atoms with Crippen molar-refractivity contribution in [3.8, 4) is 44.5 Å². The van der Waals surface area contributed by atoms with Gasteiger partial charge in [0.15, 0.2) is 0 Å². The van der Waals surface area contributed by atoms with Crippen molar-refractivity contribution in [1.29, 1.82) is 0 Å². The first-order valence-corrected chi connectivity index (χ1v) is 30.5. The molecule has 0 unspecified atom stereocenters. The molecule has 0 aromatic heterocycles. The van der Waals surface area contributed by atoms with E-state index in [9.17, 15) is 0 Å². The van der Waals surface area contributed by atoms with Crippen LogP contribution in [0.1, 0.15) is 25.0 Å². The Morgan fingerprint density at radius 2 is 0.769 bits per heavy atom. The third-order valence-corrected chi connectivity index (χ3v) is 29.2. The van der Waals surface area contributed by atoms with Crippen molar-refractivity contribution in [1.82, 2.24) is 0 Å². The monoisotopic (exact) mass is 808 g/mol. The predicted octanol–water partition coefficient (Wildman–Crippen LogP) is 15.1. The Hall–Kier alpha value is -3.78. The molecule has 4 heteroatoms. The van der Waals surface area contributed by atoms with Crippen LogP contribution in [0.2, 0.25) is 13.1 Å². The SMILES string of the molecule is CCc1cc2c(-c3ccc(-c4ccccc4)cc3)cccc2[cH-]1.CCc1cc2c(-c3ccc(-c4ccccc4)cc3)cccc2[cH-]1.C[Si](C)=[Zr]([Cl])[Cl]. The molecule has 0 amide bonds. The summed E-state index contributed by atoms with van der Waals surface area (Å²) in [6.07, 6.45) is 2.17.